The lowest BCUT2D eigenvalue weighted by molar-refractivity contribution is -0.119. The molecule has 160 valence electrons. The van der Waals surface area contributed by atoms with E-state index in [1.165, 1.54) is 17.7 Å². The highest BCUT2D eigenvalue weighted by molar-refractivity contribution is 5.95. The molecule has 0 aliphatic rings. The fourth-order valence-corrected chi connectivity index (χ4v) is 3.31. The van der Waals surface area contributed by atoms with Crippen molar-refractivity contribution in [1.29, 1.82) is 0 Å². The number of rotatable bonds is 5. The number of hydrogen-bond acceptors (Lipinski definition) is 4. The molecule has 3 rings (SSSR count). The van der Waals surface area contributed by atoms with Crippen molar-refractivity contribution < 1.29 is 9.59 Å². The van der Waals surface area contributed by atoms with Crippen molar-refractivity contribution in [2.75, 3.05) is 10.6 Å². The number of carbonyl (C=O) groups excluding carboxylic acids is 2. The molecule has 2 aromatic carbocycles. The largest absolute Gasteiger partial charge is 0.326 e. The fraction of sp³-hybridized carbons (Fsp3) is 0.250. The maximum Gasteiger partial charge on any atom is 0.267 e. The van der Waals surface area contributed by atoms with Crippen molar-refractivity contribution in [3.63, 3.8) is 0 Å². The van der Waals surface area contributed by atoms with Gasteiger partial charge in [0.05, 0.1) is 5.69 Å². The van der Waals surface area contributed by atoms with E-state index in [-0.39, 0.29) is 17.4 Å². The smallest absolute Gasteiger partial charge is 0.267 e. The summed E-state index contributed by atoms with van der Waals surface area (Å²) in [5, 5.41) is 10.1. The standard InChI is InChI=1S/C24H26N4O3/c1-14-9-10-19(13-21(14)25-18(5)29)20-11-12-22(30)28(27-20)17(4)24(31)26-23-15(2)7-6-8-16(23)3/h6-13,17H,1-5H3,(H,25,29)(H,26,31). The number of para-hydroxylation sites is 1. The van der Waals surface area contributed by atoms with Gasteiger partial charge in [-0.2, -0.15) is 5.10 Å². The summed E-state index contributed by atoms with van der Waals surface area (Å²) in [5.74, 6) is -0.498. The minimum atomic E-state index is -0.813. The maximum atomic E-state index is 12.9. The Morgan fingerprint density at radius 1 is 0.935 bits per heavy atom. The van der Waals surface area contributed by atoms with Crippen LogP contribution < -0.4 is 16.2 Å². The first-order valence-electron chi connectivity index (χ1n) is 10.0. The summed E-state index contributed by atoms with van der Waals surface area (Å²) in [6.07, 6.45) is 0. The second-order valence-electron chi connectivity index (χ2n) is 7.64. The number of carbonyl (C=O) groups is 2. The van der Waals surface area contributed by atoms with E-state index in [2.05, 4.69) is 15.7 Å². The predicted octanol–water partition coefficient (Wildman–Crippen LogP) is 3.99. The van der Waals surface area contributed by atoms with Crippen LogP contribution in [0, 0.1) is 20.8 Å². The van der Waals surface area contributed by atoms with Crippen molar-refractivity contribution in [3.8, 4) is 11.3 Å². The molecular formula is C24H26N4O3. The highest BCUT2D eigenvalue weighted by atomic mass is 16.2. The molecule has 7 nitrogen and oxygen atoms in total. The van der Waals surface area contributed by atoms with Gasteiger partial charge in [-0.15, -0.1) is 0 Å². The van der Waals surface area contributed by atoms with E-state index >= 15 is 0 Å². The van der Waals surface area contributed by atoms with Crippen LogP contribution in [-0.4, -0.2) is 21.6 Å². The van der Waals surface area contributed by atoms with E-state index in [9.17, 15) is 14.4 Å². The summed E-state index contributed by atoms with van der Waals surface area (Å²) >= 11 is 0. The van der Waals surface area contributed by atoms with Crippen molar-refractivity contribution in [2.24, 2.45) is 0 Å². The summed E-state index contributed by atoms with van der Waals surface area (Å²) in [7, 11) is 0. The lowest BCUT2D eigenvalue weighted by Gasteiger charge is -2.17. The molecule has 2 amide bonds. The van der Waals surface area contributed by atoms with E-state index in [0.717, 1.165) is 27.9 Å². The zero-order chi connectivity index (χ0) is 22.7. The van der Waals surface area contributed by atoms with Gasteiger partial charge in [-0.05, 0) is 56.5 Å². The molecule has 0 fully saturated rings. The molecule has 0 saturated carbocycles. The molecule has 0 aliphatic carbocycles. The van der Waals surface area contributed by atoms with Gasteiger partial charge >= 0.3 is 0 Å². The first-order valence-corrected chi connectivity index (χ1v) is 10.0. The summed E-state index contributed by atoms with van der Waals surface area (Å²) in [6, 6.07) is 13.5. The molecule has 1 unspecified atom stereocenters. The predicted molar refractivity (Wildman–Crippen MR) is 122 cm³/mol. The zero-order valence-corrected chi connectivity index (χ0v) is 18.3. The third kappa shape index (κ3) is 4.88. The second-order valence-corrected chi connectivity index (χ2v) is 7.64. The van der Waals surface area contributed by atoms with Gasteiger partial charge in [0.1, 0.15) is 6.04 Å². The molecule has 7 heteroatoms. The summed E-state index contributed by atoms with van der Waals surface area (Å²) in [4.78, 5) is 36.8. The molecule has 1 aromatic heterocycles. The van der Waals surface area contributed by atoms with Crippen LogP contribution in [0.2, 0.25) is 0 Å². The van der Waals surface area contributed by atoms with Gasteiger partial charge in [0.2, 0.25) is 11.8 Å². The molecule has 31 heavy (non-hydrogen) atoms. The Bertz CT molecular complexity index is 1190. The molecule has 1 atom stereocenters. The summed E-state index contributed by atoms with van der Waals surface area (Å²) in [5.41, 5.74) is 5.09. The Labute approximate surface area is 181 Å². The molecule has 0 saturated heterocycles. The van der Waals surface area contributed by atoms with Gasteiger partial charge in [-0.3, -0.25) is 14.4 Å². The molecule has 2 N–H and O–H groups in total. The van der Waals surface area contributed by atoms with E-state index in [1.807, 2.05) is 51.1 Å². The Balaban J connectivity index is 1.93. The molecule has 0 bridgehead atoms. The number of anilines is 2. The van der Waals surface area contributed by atoms with Crippen LogP contribution in [0.3, 0.4) is 0 Å². The summed E-state index contributed by atoms with van der Waals surface area (Å²) in [6.45, 7) is 8.81. The number of benzene rings is 2. The van der Waals surface area contributed by atoms with Gasteiger partial charge < -0.3 is 10.6 Å². The molecule has 1 heterocycles. The van der Waals surface area contributed by atoms with E-state index < -0.39 is 6.04 Å². The molecule has 0 aliphatic heterocycles. The second kappa shape index (κ2) is 8.95. The Hall–Kier alpha value is -3.74. The first kappa shape index (κ1) is 22.0. The fourth-order valence-electron chi connectivity index (χ4n) is 3.31. The van der Waals surface area contributed by atoms with Gasteiger partial charge in [-0.1, -0.05) is 30.3 Å². The van der Waals surface area contributed by atoms with Crippen molar-refractivity contribution in [1.82, 2.24) is 9.78 Å². The molecule has 0 radical (unpaired) electrons. The van der Waals surface area contributed by atoms with E-state index in [0.29, 0.717) is 11.4 Å². The third-order valence-corrected chi connectivity index (χ3v) is 5.14. The van der Waals surface area contributed by atoms with Crippen LogP contribution in [0.25, 0.3) is 11.3 Å². The van der Waals surface area contributed by atoms with Gasteiger partial charge in [0, 0.05) is 29.9 Å². The van der Waals surface area contributed by atoms with Gasteiger partial charge in [0.15, 0.2) is 0 Å². The van der Waals surface area contributed by atoms with Crippen LogP contribution in [0.15, 0.2) is 53.3 Å². The average molecular weight is 418 g/mol. The minimum Gasteiger partial charge on any atom is -0.326 e. The topological polar surface area (TPSA) is 93.1 Å². The number of nitrogens with one attached hydrogen (secondary N) is 2. The Morgan fingerprint density at radius 2 is 1.61 bits per heavy atom. The number of aromatic nitrogens is 2. The van der Waals surface area contributed by atoms with Crippen LogP contribution in [0.5, 0.6) is 0 Å². The minimum absolute atomic E-state index is 0.171. The Kier molecular flexibility index (Phi) is 6.34. The van der Waals surface area contributed by atoms with Crippen molar-refractivity contribution in [3.05, 3.63) is 75.6 Å². The average Bonchev–Trinajstić information content (AvgIpc) is 2.72. The molecule has 3 aromatic rings. The highest BCUT2D eigenvalue weighted by Crippen LogP contribution is 2.24. The van der Waals surface area contributed by atoms with Crippen molar-refractivity contribution >= 4 is 23.2 Å². The molecular weight excluding hydrogens is 392 g/mol. The first-order chi connectivity index (χ1) is 14.7. The van der Waals surface area contributed by atoms with Crippen LogP contribution in [-0.2, 0) is 9.59 Å². The normalized spacial score (nSPS) is 11.6. The monoisotopic (exact) mass is 418 g/mol. The lowest BCUT2D eigenvalue weighted by atomic mass is 10.1. The van der Waals surface area contributed by atoms with Gasteiger partial charge in [-0.25, -0.2) is 4.68 Å². The van der Waals surface area contributed by atoms with Gasteiger partial charge in [0.25, 0.3) is 5.56 Å². The highest BCUT2D eigenvalue weighted by Gasteiger charge is 2.19. The van der Waals surface area contributed by atoms with Crippen LogP contribution in [0.4, 0.5) is 11.4 Å². The molecule has 0 spiro atoms. The number of amides is 2. The number of aryl methyl sites for hydroxylation is 3. The van der Waals surface area contributed by atoms with Crippen LogP contribution in [0.1, 0.15) is 36.6 Å². The number of nitrogens with zero attached hydrogens (tertiary/aromatic N) is 2. The quantitative estimate of drug-likeness (QED) is 0.655. The lowest BCUT2D eigenvalue weighted by Crippen LogP contribution is -2.33. The van der Waals surface area contributed by atoms with E-state index in [4.69, 9.17) is 0 Å². The van der Waals surface area contributed by atoms with E-state index in [1.54, 1.807) is 19.1 Å². The van der Waals surface area contributed by atoms with Crippen molar-refractivity contribution in [2.45, 2.75) is 40.7 Å². The maximum absolute atomic E-state index is 12.9. The third-order valence-electron chi connectivity index (χ3n) is 5.14. The Morgan fingerprint density at radius 3 is 2.26 bits per heavy atom. The SMILES string of the molecule is CC(=O)Nc1cc(-c2ccc(=O)n(C(C)C(=O)Nc3c(C)cccc3C)n2)ccc1C. The number of hydrogen-bond donors (Lipinski definition) is 2. The zero-order valence-electron chi connectivity index (χ0n) is 18.3. The van der Waals surface area contributed by atoms with Crippen LogP contribution >= 0.6 is 0 Å². The summed E-state index contributed by atoms with van der Waals surface area (Å²) < 4.78 is 1.18.